The van der Waals surface area contributed by atoms with Crippen molar-refractivity contribution in [3.05, 3.63) is 48.0 Å². The van der Waals surface area contributed by atoms with E-state index in [9.17, 15) is 13.2 Å². The summed E-state index contributed by atoms with van der Waals surface area (Å²) in [6.45, 7) is 4.45. The van der Waals surface area contributed by atoms with Crippen molar-refractivity contribution in [1.82, 2.24) is 19.7 Å². The molecule has 11 heteroatoms. The maximum absolute atomic E-state index is 10.6. The van der Waals surface area contributed by atoms with Crippen LogP contribution in [0.25, 0.3) is 0 Å². The summed E-state index contributed by atoms with van der Waals surface area (Å²) >= 11 is 0. The lowest BCUT2D eigenvalue weighted by Crippen LogP contribution is -2.43. The van der Waals surface area contributed by atoms with Crippen LogP contribution in [0.1, 0.15) is 30.4 Å². The summed E-state index contributed by atoms with van der Waals surface area (Å²) in [5, 5.41) is 11.4. The Morgan fingerprint density at radius 1 is 1.31 bits per heavy atom. The van der Waals surface area contributed by atoms with Crippen LogP contribution < -0.4 is 0 Å². The van der Waals surface area contributed by atoms with Gasteiger partial charge in [0, 0.05) is 57.3 Å². The number of piperidine rings is 1. The number of halogens is 3. The van der Waals surface area contributed by atoms with Crippen LogP contribution in [0.4, 0.5) is 13.2 Å². The number of carboxylic acids is 1. The Hall–Kier alpha value is -2.50. The number of carbonyl (C=O) groups is 1. The van der Waals surface area contributed by atoms with E-state index >= 15 is 0 Å². The number of nitrogens with zero attached hydrogens (tertiary/aromatic N) is 4. The molecule has 0 amide bonds. The first-order valence-corrected chi connectivity index (χ1v) is 10.3. The molecule has 0 aliphatic carbocycles. The van der Waals surface area contributed by atoms with Crippen molar-refractivity contribution >= 4 is 5.97 Å². The van der Waals surface area contributed by atoms with E-state index in [4.69, 9.17) is 19.4 Å². The second-order valence-electron chi connectivity index (χ2n) is 8.09. The van der Waals surface area contributed by atoms with Gasteiger partial charge in [0.15, 0.2) is 0 Å². The van der Waals surface area contributed by atoms with E-state index in [1.807, 2.05) is 30.2 Å². The third-order valence-electron chi connectivity index (χ3n) is 5.56. The molecule has 32 heavy (non-hydrogen) atoms. The van der Waals surface area contributed by atoms with Crippen LogP contribution in [-0.4, -0.2) is 68.3 Å². The van der Waals surface area contributed by atoms with Crippen molar-refractivity contribution in [3.8, 4) is 0 Å². The Kier molecular flexibility index (Phi) is 7.86. The zero-order valence-electron chi connectivity index (χ0n) is 17.8. The van der Waals surface area contributed by atoms with Gasteiger partial charge in [0.05, 0.1) is 31.1 Å². The smallest absolute Gasteiger partial charge is 0.475 e. The number of rotatable bonds is 5. The summed E-state index contributed by atoms with van der Waals surface area (Å²) in [4.78, 5) is 15.5. The highest BCUT2D eigenvalue weighted by atomic mass is 19.4. The molecule has 0 saturated carbocycles. The van der Waals surface area contributed by atoms with E-state index < -0.39 is 12.1 Å². The van der Waals surface area contributed by atoms with E-state index in [-0.39, 0.29) is 11.7 Å². The van der Waals surface area contributed by atoms with Gasteiger partial charge in [-0.1, -0.05) is 6.07 Å². The number of aliphatic carboxylic acids is 1. The van der Waals surface area contributed by atoms with Gasteiger partial charge in [-0.2, -0.15) is 18.3 Å². The molecule has 1 N–H and O–H groups in total. The Labute approximate surface area is 183 Å². The molecule has 2 aliphatic rings. The van der Waals surface area contributed by atoms with Crippen LogP contribution >= 0.6 is 0 Å². The molecule has 1 atom stereocenters. The minimum absolute atomic E-state index is 0.0189. The summed E-state index contributed by atoms with van der Waals surface area (Å²) in [6.07, 6.45) is 6.00. The highest BCUT2D eigenvalue weighted by Gasteiger charge is 2.43. The molecule has 2 aromatic rings. The fraction of sp³-hybridized carbons (Fsp3) is 0.571. The van der Waals surface area contributed by atoms with Gasteiger partial charge in [0.1, 0.15) is 0 Å². The van der Waals surface area contributed by atoms with E-state index in [0.29, 0.717) is 13.2 Å². The van der Waals surface area contributed by atoms with E-state index in [0.717, 1.165) is 44.5 Å². The highest BCUT2D eigenvalue weighted by molar-refractivity contribution is 5.73. The minimum Gasteiger partial charge on any atom is -0.475 e. The second kappa shape index (κ2) is 10.4. The zero-order valence-corrected chi connectivity index (χ0v) is 17.8. The number of ether oxygens (including phenoxy) is 2. The minimum atomic E-state index is -5.08. The third-order valence-corrected chi connectivity index (χ3v) is 5.56. The quantitative estimate of drug-likeness (QED) is 0.740. The molecule has 176 valence electrons. The van der Waals surface area contributed by atoms with Crippen molar-refractivity contribution in [1.29, 1.82) is 0 Å². The third kappa shape index (κ3) is 7.01. The lowest BCUT2D eigenvalue weighted by Gasteiger charge is -2.38. The largest absolute Gasteiger partial charge is 0.490 e. The molecule has 2 aliphatic heterocycles. The lowest BCUT2D eigenvalue weighted by molar-refractivity contribution is -0.192. The molecule has 0 radical (unpaired) electrons. The Balaban J connectivity index is 0.000000360. The van der Waals surface area contributed by atoms with Crippen LogP contribution in [0.3, 0.4) is 0 Å². The number of alkyl halides is 3. The molecule has 1 spiro atoms. The molecule has 2 fully saturated rings. The molecule has 2 aromatic heterocycles. The first-order valence-electron chi connectivity index (χ1n) is 10.3. The van der Waals surface area contributed by atoms with Gasteiger partial charge in [-0.3, -0.25) is 14.6 Å². The van der Waals surface area contributed by atoms with Crippen molar-refractivity contribution in [2.24, 2.45) is 7.05 Å². The van der Waals surface area contributed by atoms with Gasteiger partial charge in [-0.05, 0) is 24.5 Å². The number of aromatic nitrogens is 3. The maximum atomic E-state index is 10.6. The van der Waals surface area contributed by atoms with Gasteiger partial charge in [-0.25, -0.2) is 4.79 Å². The Morgan fingerprint density at radius 3 is 2.59 bits per heavy atom. The first-order chi connectivity index (χ1) is 15.2. The molecular weight excluding hydrogens is 429 g/mol. The average molecular weight is 456 g/mol. The van der Waals surface area contributed by atoms with Crippen LogP contribution in [0, 0.1) is 0 Å². The molecule has 0 aromatic carbocycles. The molecular formula is C21H27F3N4O4. The van der Waals surface area contributed by atoms with Crippen LogP contribution in [0.15, 0.2) is 36.9 Å². The van der Waals surface area contributed by atoms with Crippen molar-refractivity contribution < 1.29 is 32.5 Å². The molecule has 8 nitrogen and oxygen atoms in total. The number of hydrogen-bond donors (Lipinski definition) is 1. The summed E-state index contributed by atoms with van der Waals surface area (Å²) < 4.78 is 45.9. The fourth-order valence-electron chi connectivity index (χ4n) is 3.89. The zero-order chi connectivity index (χ0) is 23.2. The highest BCUT2D eigenvalue weighted by Crippen LogP contribution is 2.37. The van der Waals surface area contributed by atoms with E-state index in [1.165, 1.54) is 5.56 Å². The monoisotopic (exact) mass is 456 g/mol. The molecule has 4 heterocycles. The molecule has 0 bridgehead atoms. The van der Waals surface area contributed by atoms with Gasteiger partial charge in [0.2, 0.25) is 0 Å². The predicted molar refractivity (Wildman–Crippen MR) is 108 cm³/mol. The summed E-state index contributed by atoms with van der Waals surface area (Å²) in [5.41, 5.74) is 2.42. The van der Waals surface area contributed by atoms with Gasteiger partial charge in [-0.15, -0.1) is 0 Å². The van der Waals surface area contributed by atoms with Gasteiger partial charge >= 0.3 is 12.1 Å². The van der Waals surface area contributed by atoms with Crippen molar-refractivity contribution in [3.63, 3.8) is 0 Å². The average Bonchev–Trinajstić information content (AvgIpc) is 3.35. The summed E-state index contributed by atoms with van der Waals surface area (Å²) in [6, 6.07) is 4.00. The second-order valence-corrected chi connectivity index (χ2v) is 8.09. The maximum Gasteiger partial charge on any atom is 0.490 e. The molecule has 2 saturated heterocycles. The Bertz CT molecular complexity index is 867. The number of hydrogen-bond acceptors (Lipinski definition) is 6. The number of carboxylic acid groups (broad SMARTS) is 1. The summed E-state index contributed by atoms with van der Waals surface area (Å²) in [5.74, 6) is -2.76. The number of aryl methyl sites for hydroxylation is 1. The lowest BCUT2D eigenvalue weighted by atomic mass is 9.88. The van der Waals surface area contributed by atoms with E-state index in [2.05, 4.69) is 27.2 Å². The van der Waals surface area contributed by atoms with Crippen LogP contribution in [0.5, 0.6) is 0 Å². The van der Waals surface area contributed by atoms with Crippen LogP contribution in [0.2, 0.25) is 0 Å². The summed E-state index contributed by atoms with van der Waals surface area (Å²) in [7, 11) is 1.96. The van der Waals surface area contributed by atoms with Crippen molar-refractivity contribution in [2.75, 3.05) is 19.7 Å². The molecule has 4 rings (SSSR count). The standard InChI is InChI=1S/C19H26N4O2.C2HF3O2/c1-22-12-17(11-21-22)13-23-7-4-19(5-8-23)9-18(15-25-19)24-14-16-3-2-6-20-10-16;3-2(4,5)1(6)7/h2-3,6,10-12,18H,4-5,7-9,13-15H2,1H3;(H,6,7). The predicted octanol–water partition coefficient (Wildman–Crippen LogP) is 2.79. The van der Waals surface area contributed by atoms with Crippen molar-refractivity contribution in [2.45, 2.75) is 50.3 Å². The fourth-order valence-corrected chi connectivity index (χ4v) is 3.89. The van der Waals surface area contributed by atoms with Crippen LogP contribution in [-0.2, 0) is 34.5 Å². The topological polar surface area (TPSA) is 89.7 Å². The van der Waals surface area contributed by atoms with Gasteiger partial charge < -0.3 is 14.6 Å². The normalized spacial score (nSPS) is 20.7. The first kappa shape index (κ1) is 24.1. The number of likely N-dealkylation sites (tertiary alicyclic amines) is 1. The number of pyridine rings is 1. The van der Waals surface area contributed by atoms with Gasteiger partial charge in [0.25, 0.3) is 0 Å². The van der Waals surface area contributed by atoms with E-state index in [1.54, 1.807) is 6.20 Å². The SMILES string of the molecule is Cn1cc(CN2CCC3(CC2)CC(OCc2cccnc2)CO3)cn1.O=C(O)C(F)(F)F. The Morgan fingerprint density at radius 2 is 2.03 bits per heavy atom. The molecule has 1 unspecified atom stereocenters.